The Morgan fingerprint density at radius 3 is 2.50 bits per heavy atom. The Hall–Kier alpha value is -0.350. The van der Waals surface area contributed by atoms with Crippen molar-refractivity contribution >= 4 is 10.0 Å². The Morgan fingerprint density at radius 1 is 1.70 bits per heavy atom. The molecule has 0 aromatic rings. The van der Waals surface area contributed by atoms with Crippen LogP contribution < -0.4 is 5.14 Å². The summed E-state index contributed by atoms with van der Waals surface area (Å²) in [4.78, 5) is 0. The highest BCUT2D eigenvalue weighted by molar-refractivity contribution is 7.89. The fourth-order valence-corrected chi connectivity index (χ4v) is 1.68. The maximum absolute atomic E-state index is 10.5. The lowest BCUT2D eigenvalue weighted by molar-refractivity contribution is 0.575. The van der Waals surface area contributed by atoms with Gasteiger partial charge in [-0.05, 0) is 12.3 Å². The summed E-state index contributed by atoms with van der Waals surface area (Å²) in [6.07, 6.45) is 2.38. The zero-order chi connectivity index (χ0) is 8.20. The van der Waals surface area contributed by atoms with Crippen molar-refractivity contribution in [1.29, 1.82) is 0 Å². The van der Waals surface area contributed by atoms with Crippen molar-refractivity contribution in [2.45, 2.75) is 13.3 Å². The van der Waals surface area contributed by atoms with Gasteiger partial charge < -0.3 is 0 Å². The Labute approximate surface area is 62.0 Å². The van der Waals surface area contributed by atoms with E-state index >= 15 is 0 Å². The summed E-state index contributed by atoms with van der Waals surface area (Å²) in [5.41, 5.74) is 0. The highest BCUT2D eigenvalue weighted by atomic mass is 32.2. The summed E-state index contributed by atoms with van der Waals surface area (Å²) >= 11 is 0. The molecule has 0 bridgehead atoms. The molecule has 0 rings (SSSR count). The molecule has 0 aliphatic carbocycles. The van der Waals surface area contributed by atoms with Crippen LogP contribution in [0.15, 0.2) is 12.7 Å². The number of primary sulfonamides is 1. The first-order valence-electron chi connectivity index (χ1n) is 3.07. The van der Waals surface area contributed by atoms with Gasteiger partial charge in [-0.1, -0.05) is 13.0 Å². The van der Waals surface area contributed by atoms with Crippen LogP contribution in [-0.2, 0) is 10.0 Å². The van der Waals surface area contributed by atoms with Crippen LogP contribution in [0.5, 0.6) is 0 Å². The molecule has 0 fully saturated rings. The van der Waals surface area contributed by atoms with Gasteiger partial charge in [-0.3, -0.25) is 0 Å². The van der Waals surface area contributed by atoms with E-state index in [0.29, 0.717) is 6.42 Å². The predicted molar refractivity (Wildman–Crippen MR) is 42.0 cm³/mol. The van der Waals surface area contributed by atoms with Crippen molar-refractivity contribution in [3.63, 3.8) is 0 Å². The number of sulfonamides is 1. The summed E-state index contributed by atoms with van der Waals surface area (Å²) in [5, 5.41) is 4.80. The van der Waals surface area contributed by atoms with Gasteiger partial charge >= 0.3 is 0 Å². The van der Waals surface area contributed by atoms with Crippen molar-refractivity contribution < 1.29 is 8.42 Å². The first-order valence-corrected chi connectivity index (χ1v) is 4.78. The van der Waals surface area contributed by atoms with Gasteiger partial charge in [-0.15, -0.1) is 6.58 Å². The van der Waals surface area contributed by atoms with E-state index in [1.807, 2.05) is 6.92 Å². The summed E-state index contributed by atoms with van der Waals surface area (Å²) in [6.45, 7) is 5.32. The van der Waals surface area contributed by atoms with Crippen LogP contribution in [0.3, 0.4) is 0 Å². The molecule has 0 saturated carbocycles. The van der Waals surface area contributed by atoms with Crippen LogP contribution in [0.1, 0.15) is 13.3 Å². The van der Waals surface area contributed by atoms with Gasteiger partial charge in [0, 0.05) is 0 Å². The summed E-state index contributed by atoms with van der Waals surface area (Å²) in [6, 6.07) is 0. The van der Waals surface area contributed by atoms with Crippen molar-refractivity contribution in [2.24, 2.45) is 11.1 Å². The quantitative estimate of drug-likeness (QED) is 0.613. The third kappa shape index (κ3) is 5.78. The van der Waals surface area contributed by atoms with Crippen LogP contribution in [0.4, 0.5) is 0 Å². The van der Waals surface area contributed by atoms with E-state index in [2.05, 4.69) is 6.58 Å². The van der Waals surface area contributed by atoms with Gasteiger partial charge in [-0.2, -0.15) is 0 Å². The molecule has 60 valence electrons. The fourth-order valence-electron chi connectivity index (χ4n) is 0.749. The smallest absolute Gasteiger partial charge is 0.209 e. The Morgan fingerprint density at radius 2 is 2.20 bits per heavy atom. The number of rotatable bonds is 4. The van der Waals surface area contributed by atoms with Gasteiger partial charge in [0.15, 0.2) is 0 Å². The van der Waals surface area contributed by atoms with Gasteiger partial charge in [-0.25, -0.2) is 13.6 Å². The molecule has 0 amide bonds. The molecule has 0 aromatic carbocycles. The van der Waals surface area contributed by atoms with E-state index in [1.165, 1.54) is 0 Å². The molecule has 0 spiro atoms. The molecule has 1 atom stereocenters. The molecule has 10 heavy (non-hydrogen) atoms. The summed E-state index contributed by atoms with van der Waals surface area (Å²) in [5.74, 6) is 0.117. The monoisotopic (exact) mass is 163 g/mol. The molecule has 0 saturated heterocycles. The van der Waals surface area contributed by atoms with Crippen LogP contribution in [0.2, 0.25) is 0 Å². The highest BCUT2D eigenvalue weighted by Gasteiger charge is 2.08. The molecule has 3 nitrogen and oxygen atoms in total. The van der Waals surface area contributed by atoms with E-state index in [-0.39, 0.29) is 11.7 Å². The average molecular weight is 163 g/mol. The minimum absolute atomic E-state index is 0.0407. The van der Waals surface area contributed by atoms with E-state index in [1.54, 1.807) is 6.08 Å². The van der Waals surface area contributed by atoms with Crippen molar-refractivity contribution in [3.05, 3.63) is 12.7 Å². The first-order chi connectivity index (χ1) is 4.45. The molecule has 0 radical (unpaired) electrons. The van der Waals surface area contributed by atoms with E-state index in [4.69, 9.17) is 5.14 Å². The van der Waals surface area contributed by atoms with Gasteiger partial charge in [0.05, 0.1) is 5.75 Å². The molecule has 0 unspecified atom stereocenters. The zero-order valence-corrected chi connectivity index (χ0v) is 6.89. The third-order valence-corrected chi connectivity index (χ3v) is 2.12. The molecule has 0 aromatic heterocycles. The van der Waals surface area contributed by atoms with Crippen LogP contribution in [0.25, 0.3) is 0 Å². The minimum atomic E-state index is -3.29. The second kappa shape index (κ2) is 3.73. The predicted octanol–water partition coefficient (Wildman–Crippen LogP) is 0.487. The van der Waals surface area contributed by atoms with Crippen LogP contribution in [-0.4, -0.2) is 14.2 Å². The fraction of sp³-hybridized carbons (Fsp3) is 0.667. The lowest BCUT2D eigenvalue weighted by atomic mass is 10.1. The second-order valence-corrected chi connectivity index (χ2v) is 4.12. The van der Waals surface area contributed by atoms with Crippen molar-refractivity contribution in [1.82, 2.24) is 0 Å². The number of allylic oxidation sites excluding steroid dienone is 1. The maximum atomic E-state index is 10.5. The Kier molecular flexibility index (Phi) is 3.60. The maximum Gasteiger partial charge on any atom is 0.209 e. The van der Waals surface area contributed by atoms with Crippen molar-refractivity contribution in [2.75, 3.05) is 5.75 Å². The first kappa shape index (κ1) is 9.65. The molecule has 4 heteroatoms. The average Bonchev–Trinajstić information content (AvgIpc) is 1.59. The van der Waals surface area contributed by atoms with Crippen LogP contribution >= 0.6 is 0 Å². The minimum Gasteiger partial charge on any atom is -0.229 e. The molecular weight excluding hydrogens is 150 g/mol. The van der Waals surface area contributed by atoms with E-state index in [0.717, 1.165) is 0 Å². The molecule has 2 N–H and O–H groups in total. The van der Waals surface area contributed by atoms with Crippen molar-refractivity contribution in [3.8, 4) is 0 Å². The number of hydrogen-bond acceptors (Lipinski definition) is 2. The normalized spacial score (nSPS) is 14.6. The second-order valence-electron chi connectivity index (χ2n) is 2.46. The van der Waals surface area contributed by atoms with Gasteiger partial charge in [0.25, 0.3) is 0 Å². The summed E-state index contributed by atoms with van der Waals surface area (Å²) < 4.78 is 20.9. The number of nitrogens with two attached hydrogens (primary N) is 1. The molecule has 0 heterocycles. The number of hydrogen-bond donors (Lipinski definition) is 1. The standard InChI is InChI=1S/C6H13NO2S/c1-3-4-6(2)5-10(7,8)9/h3,6H,1,4-5H2,2H3,(H2,7,8,9)/t6-/m0/s1. The topological polar surface area (TPSA) is 60.2 Å². The van der Waals surface area contributed by atoms with Gasteiger partial charge in [0.1, 0.15) is 0 Å². The van der Waals surface area contributed by atoms with Gasteiger partial charge in [0.2, 0.25) is 10.0 Å². The van der Waals surface area contributed by atoms with Crippen LogP contribution in [0, 0.1) is 5.92 Å². The van der Waals surface area contributed by atoms with E-state index in [9.17, 15) is 8.42 Å². The third-order valence-electron chi connectivity index (χ3n) is 1.09. The molecular formula is C6H13NO2S. The largest absolute Gasteiger partial charge is 0.229 e. The SMILES string of the molecule is C=CC[C@H](C)CS(N)(=O)=O. The summed E-state index contributed by atoms with van der Waals surface area (Å²) in [7, 11) is -3.29. The molecule has 0 aliphatic heterocycles. The van der Waals surface area contributed by atoms with E-state index < -0.39 is 10.0 Å². The lowest BCUT2D eigenvalue weighted by Crippen LogP contribution is -2.21. The highest BCUT2D eigenvalue weighted by Crippen LogP contribution is 2.03. The lowest BCUT2D eigenvalue weighted by Gasteiger charge is -2.04. The zero-order valence-electron chi connectivity index (χ0n) is 6.08. The molecule has 0 aliphatic rings. The Bertz CT molecular complexity index is 196. The Balaban J connectivity index is 3.80.